The number of ether oxygens (including phenoxy) is 1. The van der Waals surface area contributed by atoms with Crippen LogP contribution < -0.4 is 10.2 Å². The van der Waals surface area contributed by atoms with E-state index in [1.807, 2.05) is 54.7 Å². The third-order valence-corrected chi connectivity index (χ3v) is 9.02. The van der Waals surface area contributed by atoms with Gasteiger partial charge in [0.25, 0.3) is 0 Å². The number of aromatic nitrogens is 2. The molecule has 45 heavy (non-hydrogen) atoms. The van der Waals surface area contributed by atoms with E-state index in [1.54, 1.807) is 12.1 Å². The second-order valence-corrected chi connectivity index (χ2v) is 11.8. The first kappa shape index (κ1) is 28.9. The summed E-state index contributed by atoms with van der Waals surface area (Å²) in [6.45, 7) is 4.92. The fraction of sp³-hybridized carbons (Fsp3) is 0.270. The number of unbranched alkanes of at least 4 members (excludes halogenated alkanes) is 1. The van der Waals surface area contributed by atoms with Crippen molar-refractivity contribution in [3.63, 3.8) is 0 Å². The van der Waals surface area contributed by atoms with E-state index >= 15 is 0 Å². The molecule has 5 aromatic rings. The number of carbonyl (C=O) groups is 1. The van der Waals surface area contributed by atoms with Crippen LogP contribution in [0, 0.1) is 5.82 Å². The van der Waals surface area contributed by atoms with Gasteiger partial charge in [-0.25, -0.2) is 19.2 Å². The maximum Gasteiger partial charge on any atom is 0.408 e. The van der Waals surface area contributed by atoms with Gasteiger partial charge in [0.15, 0.2) is 5.60 Å². The number of amides is 1. The minimum Gasteiger partial charge on any atom is -0.433 e. The molecule has 7 nitrogen and oxygen atoms in total. The Morgan fingerprint density at radius 2 is 1.49 bits per heavy atom. The highest BCUT2D eigenvalue weighted by atomic mass is 19.1. The molecule has 7 rings (SSSR count). The SMILES string of the molecule is O=C(NCc1ccc(F)cc1)OC1(CCCCN2CCN(c3ncc4ccccc4n3)CC2)c2ccccc2-c2ccccc21. The summed E-state index contributed by atoms with van der Waals surface area (Å²) in [5.41, 5.74) is 5.14. The lowest BCUT2D eigenvalue weighted by Crippen LogP contribution is -2.47. The highest BCUT2D eigenvalue weighted by Crippen LogP contribution is 2.52. The Balaban J connectivity index is 1.00. The summed E-state index contributed by atoms with van der Waals surface area (Å²) in [6, 6.07) is 30.7. The van der Waals surface area contributed by atoms with Crippen molar-refractivity contribution in [3.8, 4) is 11.1 Å². The summed E-state index contributed by atoms with van der Waals surface area (Å²) in [4.78, 5) is 27.5. The van der Waals surface area contributed by atoms with Gasteiger partial charge in [0.05, 0.1) is 5.52 Å². The third-order valence-electron chi connectivity index (χ3n) is 9.02. The minimum absolute atomic E-state index is 0.259. The number of piperazine rings is 1. The highest BCUT2D eigenvalue weighted by Gasteiger charge is 2.46. The molecular weight excluding hydrogens is 565 g/mol. The standard InChI is InChI=1S/C37H36FN5O2/c38-29-17-15-27(16-18-29)25-40-36(44)45-37(32-12-4-2-10-30(32)31-11-3-5-13-33(31)37)19-7-8-20-42-21-23-43(24-22-42)35-39-26-28-9-1-6-14-34(28)41-35/h1-6,9-18,26H,7-8,19-25H2,(H,40,44). The zero-order chi connectivity index (χ0) is 30.6. The van der Waals surface area contributed by atoms with Crippen LogP contribution in [0.4, 0.5) is 15.1 Å². The molecule has 1 aromatic heterocycles. The van der Waals surface area contributed by atoms with Crippen LogP contribution in [0.15, 0.2) is 103 Å². The number of hydrogen-bond donors (Lipinski definition) is 1. The van der Waals surface area contributed by atoms with Crippen LogP contribution in [0.5, 0.6) is 0 Å². The molecule has 2 heterocycles. The average Bonchev–Trinajstić information content (AvgIpc) is 3.36. The quantitative estimate of drug-likeness (QED) is 0.185. The van der Waals surface area contributed by atoms with E-state index in [9.17, 15) is 9.18 Å². The molecule has 0 radical (unpaired) electrons. The van der Waals surface area contributed by atoms with Crippen molar-refractivity contribution in [1.29, 1.82) is 0 Å². The van der Waals surface area contributed by atoms with Gasteiger partial charge >= 0.3 is 6.09 Å². The van der Waals surface area contributed by atoms with Crippen molar-refractivity contribution in [1.82, 2.24) is 20.2 Å². The normalized spacial score (nSPS) is 15.4. The molecule has 0 unspecified atom stereocenters. The lowest BCUT2D eigenvalue weighted by molar-refractivity contribution is 0.0325. The number of benzene rings is 4. The molecular formula is C37H36FN5O2. The molecule has 0 saturated carbocycles. The second kappa shape index (κ2) is 12.7. The zero-order valence-electron chi connectivity index (χ0n) is 25.2. The first-order chi connectivity index (χ1) is 22.1. The zero-order valence-corrected chi connectivity index (χ0v) is 25.2. The van der Waals surface area contributed by atoms with E-state index in [0.717, 1.165) is 90.2 Å². The lowest BCUT2D eigenvalue weighted by atomic mass is 9.86. The van der Waals surface area contributed by atoms with Gasteiger partial charge in [-0.15, -0.1) is 0 Å². The number of hydrogen-bond acceptors (Lipinski definition) is 6. The van der Waals surface area contributed by atoms with E-state index in [1.165, 1.54) is 12.1 Å². The predicted molar refractivity (Wildman–Crippen MR) is 174 cm³/mol. The van der Waals surface area contributed by atoms with Crippen molar-refractivity contribution in [3.05, 3.63) is 126 Å². The van der Waals surface area contributed by atoms with Gasteiger partial charge in [-0.3, -0.25) is 4.90 Å². The number of rotatable bonds is 9. The van der Waals surface area contributed by atoms with Crippen molar-refractivity contribution in [2.75, 3.05) is 37.6 Å². The average molecular weight is 602 g/mol. The van der Waals surface area contributed by atoms with E-state index in [0.29, 0.717) is 6.42 Å². The molecule has 0 bridgehead atoms. The van der Waals surface area contributed by atoms with Crippen LogP contribution in [0.1, 0.15) is 36.0 Å². The fourth-order valence-electron chi connectivity index (χ4n) is 6.68. The molecule has 1 fully saturated rings. The molecule has 228 valence electrons. The van der Waals surface area contributed by atoms with E-state index in [4.69, 9.17) is 9.72 Å². The molecule has 0 spiro atoms. The maximum atomic E-state index is 13.4. The Labute approximate surface area is 262 Å². The summed E-state index contributed by atoms with van der Waals surface area (Å²) in [5, 5.41) is 3.95. The topological polar surface area (TPSA) is 70.6 Å². The van der Waals surface area contributed by atoms with Gasteiger partial charge in [0, 0.05) is 55.4 Å². The molecule has 8 heteroatoms. The Bertz CT molecular complexity index is 1760. The van der Waals surface area contributed by atoms with Crippen LogP contribution in [-0.4, -0.2) is 53.7 Å². The fourth-order valence-corrected chi connectivity index (χ4v) is 6.68. The van der Waals surface area contributed by atoms with Crippen LogP contribution >= 0.6 is 0 Å². The van der Waals surface area contributed by atoms with E-state index < -0.39 is 11.7 Å². The highest BCUT2D eigenvalue weighted by molar-refractivity contribution is 5.82. The first-order valence-corrected chi connectivity index (χ1v) is 15.7. The Kier molecular flexibility index (Phi) is 8.13. The first-order valence-electron chi connectivity index (χ1n) is 15.7. The lowest BCUT2D eigenvalue weighted by Gasteiger charge is -2.35. The summed E-state index contributed by atoms with van der Waals surface area (Å²) >= 11 is 0. The molecule has 4 aromatic carbocycles. The Morgan fingerprint density at radius 1 is 0.822 bits per heavy atom. The number of anilines is 1. The minimum atomic E-state index is -0.883. The number of para-hydroxylation sites is 1. The molecule has 1 aliphatic heterocycles. The number of carbonyl (C=O) groups excluding carboxylic acids is 1. The number of fused-ring (bicyclic) bond motifs is 4. The number of alkyl carbamates (subject to hydrolysis) is 1. The Morgan fingerprint density at radius 3 is 2.22 bits per heavy atom. The maximum absolute atomic E-state index is 13.4. The van der Waals surface area contributed by atoms with Crippen LogP contribution in [0.25, 0.3) is 22.0 Å². The van der Waals surface area contributed by atoms with Gasteiger partial charge in [0.1, 0.15) is 5.82 Å². The summed E-state index contributed by atoms with van der Waals surface area (Å²) in [6.07, 6.45) is 3.97. The molecule has 1 amide bonds. The summed E-state index contributed by atoms with van der Waals surface area (Å²) < 4.78 is 19.8. The molecule has 2 aliphatic rings. The summed E-state index contributed by atoms with van der Waals surface area (Å²) in [7, 11) is 0. The van der Waals surface area contributed by atoms with Crippen LogP contribution in [0.3, 0.4) is 0 Å². The molecule has 1 N–H and O–H groups in total. The summed E-state index contributed by atoms with van der Waals surface area (Å²) in [5.74, 6) is 0.490. The largest absolute Gasteiger partial charge is 0.433 e. The molecule has 1 saturated heterocycles. The molecule has 0 atom stereocenters. The second-order valence-electron chi connectivity index (χ2n) is 11.8. The van der Waals surface area contributed by atoms with Gasteiger partial charge in [-0.05, 0) is 60.7 Å². The molecule has 1 aliphatic carbocycles. The predicted octanol–water partition coefficient (Wildman–Crippen LogP) is 6.91. The monoisotopic (exact) mass is 601 g/mol. The van der Waals surface area contributed by atoms with Gasteiger partial charge in [0.2, 0.25) is 5.95 Å². The van der Waals surface area contributed by atoms with Gasteiger partial charge < -0.3 is 15.0 Å². The number of halogens is 1. The van der Waals surface area contributed by atoms with Crippen molar-refractivity contribution in [2.24, 2.45) is 0 Å². The van der Waals surface area contributed by atoms with Crippen molar-refractivity contribution in [2.45, 2.75) is 31.4 Å². The third kappa shape index (κ3) is 5.98. The number of nitrogens with one attached hydrogen (secondary N) is 1. The Hall–Kier alpha value is -4.82. The van der Waals surface area contributed by atoms with E-state index in [2.05, 4.69) is 44.4 Å². The van der Waals surface area contributed by atoms with E-state index in [-0.39, 0.29) is 12.4 Å². The van der Waals surface area contributed by atoms with Gasteiger partial charge in [-0.1, -0.05) is 78.9 Å². The van der Waals surface area contributed by atoms with Crippen LogP contribution in [0.2, 0.25) is 0 Å². The number of nitrogens with zero attached hydrogens (tertiary/aromatic N) is 4. The van der Waals surface area contributed by atoms with Crippen LogP contribution in [-0.2, 0) is 16.9 Å². The van der Waals surface area contributed by atoms with Crippen molar-refractivity contribution < 1.29 is 13.9 Å². The van der Waals surface area contributed by atoms with Crippen molar-refractivity contribution >= 4 is 22.9 Å². The smallest absolute Gasteiger partial charge is 0.408 e. The van der Waals surface area contributed by atoms with Gasteiger partial charge in [-0.2, -0.15) is 0 Å².